The zero-order valence-corrected chi connectivity index (χ0v) is 9.85. The fourth-order valence-corrected chi connectivity index (χ4v) is 1.40. The molecule has 0 rings (SSSR count). The van der Waals surface area contributed by atoms with Crippen molar-refractivity contribution in [2.45, 2.75) is 57.7 Å². The topological polar surface area (TPSA) is 35.2 Å². The van der Waals surface area contributed by atoms with E-state index in [4.69, 9.17) is 5.73 Å². The van der Waals surface area contributed by atoms with Crippen molar-refractivity contribution in [2.75, 3.05) is 13.2 Å². The van der Waals surface area contributed by atoms with Gasteiger partial charge in [-0.2, -0.15) is 13.2 Å². The number of alkyl halides is 3. The minimum absolute atomic E-state index is 0.0370. The fourth-order valence-electron chi connectivity index (χ4n) is 1.40. The molecule has 1 atom stereocenters. The fraction of sp³-hybridized carbons (Fsp3) is 1.00. The molecule has 0 aliphatic carbocycles. The molecule has 0 radical (unpaired) electrons. The minimum atomic E-state index is -4.23. The van der Waals surface area contributed by atoms with Gasteiger partial charge in [-0.1, -0.05) is 32.6 Å². The molecule has 5 heteroatoms. The standard InChI is InChI=1S/C11H22F3NO/c1-2-3-4-5-6-10(15)7-8-16-9-11(12,13)14/h10H,2-9,15H2,1H3. The van der Waals surface area contributed by atoms with Gasteiger partial charge in [-0.05, 0) is 12.8 Å². The number of halogens is 3. The molecule has 0 bridgehead atoms. The maximum Gasteiger partial charge on any atom is 0.411 e. The Kier molecular flexibility index (Phi) is 8.66. The highest BCUT2D eigenvalue weighted by Crippen LogP contribution is 2.14. The van der Waals surface area contributed by atoms with Gasteiger partial charge in [0.05, 0.1) is 0 Å². The minimum Gasteiger partial charge on any atom is -0.372 e. The lowest BCUT2D eigenvalue weighted by atomic mass is 10.1. The average molecular weight is 241 g/mol. The highest BCUT2D eigenvalue weighted by atomic mass is 19.4. The summed E-state index contributed by atoms with van der Waals surface area (Å²) in [5.74, 6) is 0. The van der Waals surface area contributed by atoms with E-state index in [9.17, 15) is 13.2 Å². The van der Waals surface area contributed by atoms with E-state index in [1.165, 1.54) is 12.8 Å². The summed E-state index contributed by atoms with van der Waals surface area (Å²) < 4.78 is 39.6. The van der Waals surface area contributed by atoms with Crippen LogP contribution in [0.1, 0.15) is 45.4 Å². The lowest BCUT2D eigenvalue weighted by molar-refractivity contribution is -0.174. The molecule has 0 saturated carbocycles. The van der Waals surface area contributed by atoms with Crippen molar-refractivity contribution in [2.24, 2.45) is 5.73 Å². The first kappa shape index (κ1) is 15.7. The molecule has 0 heterocycles. The molecule has 0 saturated heterocycles. The number of hydrogen-bond donors (Lipinski definition) is 1. The van der Waals surface area contributed by atoms with Crippen molar-refractivity contribution in [1.29, 1.82) is 0 Å². The van der Waals surface area contributed by atoms with E-state index in [0.717, 1.165) is 19.3 Å². The highest BCUT2D eigenvalue weighted by molar-refractivity contribution is 4.61. The molecule has 0 aromatic rings. The molecule has 0 spiro atoms. The molecule has 0 fully saturated rings. The molecule has 0 aromatic carbocycles. The Balaban J connectivity index is 3.27. The van der Waals surface area contributed by atoms with Crippen molar-refractivity contribution in [3.8, 4) is 0 Å². The van der Waals surface area contributed by atoms with Gasteiger partial charge < -0.3 is 10.5 Å². The van der Waals surface area contributed by atoms with E-state index in [-0.39, 0.29) is 12.6 Å². The molecule has 98 valence electrons. The molecule has 0 aliphatic rings. The van der Waals surface area contributed by atoms with Crippen LogP contribution in [0.3, 0.4) is 0 Å². The van der Waals surface area contributed by atoms with Crippen LogP contribution in [0.2, 0.25) is 0 Å². The van der Waals surface area contributed by atoms with Crippen molar-refractivity contribution in [3.05, 3.63) is 0 Å². The largest absolute Gasteiger partial charge is 0.411 e. The van der Waals surface area contributed by atoms with E-state index in [1.807, 2.05) is 0 Å². The number of hydrogen-bond acceptors (Lipinski definition) is 2. The Hall–Kier alpha value is -0.290. The molecule has 0 amide bonds. The average Bonchev–Trinajstić information content (AvgIpc) is 2.18. The van der Waals surface area contributed by atoms with Gasteiger partial charge in [0.1, 0.15) is 6.61 Å². The van der Waals surface area contributed by atoms with Crippen LogP contribution in [-0.2, 0) is 4.74 Å². The predicted octanol–water partition coefficient (Wildman–Crippen LogP) is 3.25. The normalized spacial score (nSPS) is 14.1. The van der Waals surface area contributed by atoms with Crippen LogP contribution < -0.4 is 5.73 Å². The van der Waals surface area contributed by atoms with Crippen LogP contribution in [0.4, 0.5) is 13.2 Å². The molecule has 0 aliphatic heterocycles. The van der Waals surface area contributed by atoms with Crippen molar-refractivity contribution in [3.63, 3.8) is 0 Å². The van der Waals surface area contributed by atoms with Crippen LogP contribution in [-0.4, -0.2) is 25.4 Å². The molecule has 0 aromatic heterocycles. The van der Waals surface area contributed by atoms with E-state index in [1.54, 1.807) is 0 Å². The van der Waals surface area contributed by atoms with Gasteiger partial charge in [-0.25, -0.2) is 0 Å². The third kappa shape index (κ3) is 11.8. The Morgan fingerprint density at radius 3 is 2.38 bits per heavy atom. The van der Waals surface area contributed by atoms with Crippen LogP contribution in [0.5, 0.6) is 0 Å². The first-order valence-corrected chi connectivity index (χ1v) is 5.85. The summed E-state index contributed by atoms with van der Waals surface area (Å²) in [6.07, 6.45) is 1.70. The molecule has 2 nitrogen and oxygen atoms in total. The van der Waals surface area contributed by atoms with Crippen LogP contribution in [0, 0.1) is 0 Å². The highest BCUT2D eigenvalue weighted by Gasteiger charge is 2.27. The summed E-state index contributed by atoms with van der Waals surface area (Å²) in [7, 11) is 0. The first-order valence-electron chi connectivity index (χ1n) is 5.85. The Labute approximate surface area is 95.3 Å². The van der Waals surface area contributed by atoms with E-state index < -0.39 is 12.8 Å². The number of ether oxygens (including phenoxy) is 1. The zero-order chi connectivity index (χ0) is 12.4. The van der Waals surface area contributed by atoms with Crippen LogP contribution >= 0.6 is 0 Å². The van der Waals surface area contributed by atoms with E-state index >= 15 is 0 Å². The second-order valence-electron chi connectivity index (χ2n) is 4.07. The molecule has 2 N–H and O–H groups in total. The maximum atomic E-state index is 11.7. The van der Waals surface area contributed by atoms with Crippen molar-refractivity contribution < 1.29 is 17.9 Å². The summed E-state index contributed by atoms with van der Waals surface area (Å²) in [4.78, 5) is 0. The smallest absolute Gasteiger partial charge is 0.372 e. The van der Waals surface area contributed by atoms with E-state index in [0.29, 0.717) is 6.42 Å². The van der Waals surface area contributed by atoms with Gasteiger partial charge in [-0.3, -0.25) is 0 Å². The quantitative estimate of drug-likeness (QED) is 0.629. The van der Waals surface area contributed by atoms with Crippen LogP contribution in [0.15, 0.2) is 0 Å². The van der Waals surface area contributed by atoms with Gasteiger partial charge >= 0.3 is 6.18 Å². The monoisotopic (exact) mass is 241 g/mol. The Morgan fingerprint density at radius 1 is 1.12 bits per heavy atom. The van der Waals surface area contributed by atoms with Gasteiger partial charge in [0.25, 0.3) is 0 Å². The van der Waals surface area contributed by atoms with E-state index in [2.05, 4.69) is 11.7 Å². The van der Waals surface area contributed by atoms with Crippen molar-refractivity contribution in [1.82, 2.24) is 0 Å². The van der Waals surface area contributed by atoms with Crippen LogP contribution in [0.25, 0.3) is 0 Å². The Bertz CT molecular complexity index is 162. The lowest BCUT2D eigenvalue weighted by Crippen LogP contribution is -2.24. The second-order valence-corrected chi connectivity index (χ2v) is 4.07. The lowest BCUT2D eigenvalue weighted by Gasteiger charge is -2.12. The number of unbranched alkanes of at least 4 members (excludes halogenated alkanes) is 3. The van der Waals surface area contributed by atoms with Gasteiger partial charge in [0, 0.05) is 12.6 Å². The SMILES string of the molecule is CCCCCCC(N)CCOCC(F)(F)F. The predicted molar refractivity (Wildman–Crippen MR) is 58.2 cm³/mol. The third-order valence-corrected chi connectivity index (χ3v) is 2.33. The van der Waals surface area contributed by atoms with Crippen molar-refractivity contribution >= 4 is 0 Å². The second kappa shape index (κ2) is 8.82. The summed E-state index contributed by atoms with van der Waals surface area (Å²) in [5, 5.41) is 0. The number of rotatable bonds is 9. The third-order valence-electron chi connectivity index (χ3n) is 2.33. The van der Waals surface area contributed by atoms with Gasteiger partial charge in [0.2, 0.25) is 0 Å². The molecular weight excluding hydrogens is 219 g/mol. The first-order chi connectivity index (χ1) is 7.45. The maximum absolute atomic E-state index is 11.7. The molecule has 16 heavy (non-hydrogen) atoms. The van der Waals surface area contributed by atoms with Gasteiger partial charge in [0.15, 0.2) is 0 Å². The molecule has 1 unspecified atom stereocenters. The zero-order valence-electron chi connectivity index (χ0n) is 9.85. The summed E-state index contributed by atoms with van der Waals surface area (Å²) >= 11 is 0. The summed E-state index contributed by atoms with van der Waals surface area (Å²) in [6.45, 7) is 1.05. The van der Waals surface area contributed by atoms with Gasteiger partial charge in [-0.15, -0.1) is 0 Å². The summed E-state index contributed by atoms with van der Waals surface area (Å²) in [6, 6.07) is -0.0370. The molecular formula is C11H22F3NO. The Morgan fingerprint density at radius 2 is 1.81 bits per heavy atom. The summed E-state index contributed by atoms with van der Waals surface area (Å²) in [5.41, 5.74) is 5.74. The number of nitrogens with two attached hydrogens (primary N) is 1.